The van der Waals surface area contributed by atoms with Crippen molar-refractivity contribution in [3.05, 3.63) is 24.3 Å². The van der Waals surface area contributed by atoms with Gasteiger partial charge < -0.3 is 15.0 Å². The molecule has 0 aliphatic carbocycles. The van der Waals surface area contributed by atoms with Crippen LogP contribution in [0, 0.1) is 0 Å². The fourth-order valence-corrected chi connectivity index (χ4v) is 2.32. The SMILES string of the molecule is CC1CC(Nc2cccc(OC(F)(F)F)c2)CN1C. The van der Waals surface area contributed by atoms with E-state index in [-0.39, 0.29) is 11.8 Å². The largest absolute Gasteiger partial charge is 0.573 e. The normalized spacial score (nSPS) is 24.5. The third-order valence-corrected chi connectivity index (χ3v) is 3.32. The van der Waals surface area contributed by atoms with Crippen molar-refractivity contribution in [2.75, 3.05) is 18.9 Å². The Hall–Kier alpha value is -1.43. The number of rotatable bonds is 3. The summed E-state index contributed by atoms with van der Waals surface area (Å²) in [7, 11) is 2.04. The number of hydrogen-bond donors (Lipinski definition) is 1. The van der Waals surface area contributed by atoms with Gasteiger partial charge in [-0.05, 0) is 32.5 Å². The van der Waals surface area contributed by atoms with Crippen LogP contribution >= 0.6 is 0 Å². The number of nitrogens with zero attached hydrogens (tertiary/aromatic N) is 1. The monoisotopic (exact) mass is 274 g/mol. The van der Waals surface area contributed by atoms with Gasteiger partial charge in [-0.3, -0.25) is 0 Å². The Labute approximate surface area is 110 Å². The standard InChI is InChI=1S/C13H17F3N2O/c1-9-6-11(8-18(9)2)17-10-4-3-5-12(7-10)19-13(14,15)16/h3-5,7,9,11,17H,6,8H2,1-2H3. The van der Waals surface area contributed by atoms with Gasteiger partial charge in [-0.25, -0.2) is 0 Å². The van der Waals surface area contributed by atoms with Gasteiger partial charge in [-0.1, -0.05) is 6.07 Å². The second kappa shape index (κ2) is 5.28. The molecule has 106 valence electrons. The molecule has 3 nitrogen and oxygen atoms in total. The van der Waals surface area contributed by atoms with Crippen LogP contribution in [0.5, 0.6) is 5.75 Å². The maximum absolute atomic E-state index is 12.1. The van der Waals surface area contributed by atoms with Gasteiger partial charge in [0.05, 0.1) is 0 Å². The molecule has 1 fully saturated rings. The molecule has 1 heterocycles. The van der Waals surface area contributed by atoms with Gasteiger partial charge in [-0.15, -0.1) is 13.2 Å². The molecule has 0 aromatic heterocycles. The molecule has 1 aliphatic rings. The number of hydrogen-bond acceptors (Lipinski definition) is 3. The van der Waals surface area contributed by atoms with E-state index in [0.717, 1.165) is 13.0 Å². The van der Waals surface area contributed by atoms with Crippen molar-refractivity contribution in [3.8, 4) is 5.75 Å². The molecule has 1 aromatic rings. The van der Waals surface area contributed by atoms with Crippen molar-refractivity contribution in [1.82, 2.24) is 4.90 Å². The summed E-state index contributed by atoms with van der Waals surface area (Å²) in [6, 6.07) is 6.68. The summed E-state index contributed by atoms with van der Waals surface area (Å²) in [5.74, 6) is -0.197. The molecule has 1 aromatic carbocycles. The van der Waals surface area contributed by atoms with E-state index in [9.17, 15) is 13.2 Å². The number of likely N-dealkylation sites (N-methyl/N-ethyl adjacent to an activating group) is 1. The second-order valence-electron chi connectivity index (χ2n) is 4.94. The molecule has 1 aliphatic heterocycles. The zero-order valence-electron chi connectivity index (χ0n) is 10.9. The van der Waals surface area contributed by atoms with E-state index in [0.29, 0.717) is 11.7 Å². The number of nitrogens with one attached hydrogen (secondary N) is 1. The van der Waals surface area contributed by atoms with Crippen LogP contribution in [0.3, 0.4) is 0 Å². The number of benzene rings is 1. The average Bonchev–Trinajstić information content (AvgIpc) is 2.55. The molecule has 0 amide bonds. The molecule has 2 atom stereocenters. The van der Waals surface area contributed by atoms with Gasteiger partial charge in [0.1, 0.15) is 5.75 Å². The summed E-state index contributed by atoms with van der Waals surface area (Å²) in [4.78, 5) is 2.22. The molecular weight excluding hydrogens is 257 g/mol. The van der Waals surface area contributed by atoms with Crippen LogP contribution < -0.4 is 10.1 Å². The van der Waals surface area contributed by atoms with Crippen LogP contribution in [-0.2, 0) is 0 Å². The van der Waals surface area contributed by atoms with Gasteiger partial charge in [0.15, 0.2) is 0 Å². The summed E-state index contributed by atoms with van der Waals surface area (Å²) >= 11 is 0. The van der Waals surface area contributed by atoms with Crippen molar-refractivity contribution >= 4 is 5.69 Å². The van der Waals surface area contributed by atoms with E-state index in [1.165, 1.54) is 12.1 Å². The first kappa shape index (κ1) is 14.0. The lowest BCUT2D eigenvalue weighted by Crippen LogP contribution is -2.24. The molecular formula is C13H17F3N2O. The van der Waals surface area contributed by atoms with E-state index in [1.807, 2.05) is 7.05 Å². The first-order valence-corrected chi connectivity index (χ1v) is 6.16. The molecule has 0 saturated carbocycles. The third kappa shape index (κ3) is 4.02. The van der Waals surface area contributed by atoms with Gasteiger partial charge in [0, 0.05) is 30.4 Å². The highest BCUT2D eigenvalue weighted by Crippen LogP contribution is 2.26. The number of likely N-dealkylation sites (tertiary alicyclic amines) is 1. The van der Waals surface area contributed by atoms with Crippen LogP contribution in [0.25, 0.3) is 0 Å². The van der Waals surface area contributed by atoms with Crippen molar-refractivity contribution in [2.24, 2.45) is 0 Å². The zero-order chi connectivity index (χ0) is 14.0. The molecule has 0 bridgehead atoms. The molecule has 19 heavy (non-hydrogen) atoms. The van der Waals surface area contributed by atoms with E-state index < -0.39 is 6.36 Å². The summed E-state index contributed by atoms with van der Waals surface area (Å²) < 4.78 is 40.3. The first-order valence-electron chi connectivity index (χ1n) is 6.16. The molecule has 2 rings (SSSR count). The Morgan fingerprint density at radius 3 is 2.68 bits per heavy atom. The Kier molecular flexibility index (Phi) is 3.89. The highest BCUT2D eigenvalue weighted by Gasteiger charge is 2.31. The van der Waals surface area contributed by atoms with Crippen molar-refractivity contribution in [2.45, 2.75) is 31.8 Å². The number of alkyl halides is 3. The minimum atomic E-state index is -4.65. The lowest BCUT2D eigenvalue weighted by molar-refractivity contribution is -0.274. The van der Waals surface area contributed by atoms with Gasteiger partial charge >= 0.3 is 6.36 Å². The summed E-state index contributed by atoms with van der Waals surface area (Å²) in [6.07, 6.45) is -3.68. The summed E-state index contributed by atoms with van der Waals surface area (Å²) in [5, 5.41) is 3.24. The Morgan fingerprint density at radius 2 is 2.11 bits per heavy atom. The van der Waals surface area contributed by atoms with Crippen LogP contribution in [0.1, 0.15) is 13.3 Å². The zero-order valence-corrected chi connectivity index (χ0v) is 10.9. The van der Waals surface area contributed by atoms with E-state index >= 15 is 0 Å². The van der Waals surface area contributed by atoms with Crippen LogP contribution in [-0.4, -0.2) is 36.9 Å². The van der Waals surface area contributed by atoms with Crippen LogP contribution in [0.2, 0.25) is 0 Å². The van der Waals surface area contributed by atoms with E-state index in [2.05, 4.69) is 21.9 Å². The number of ether oxygens (including phenoxy) is 1. The topological polar surface area (TPSA) is 24.5 Å². The maximum atomic E-state index is 12.1. The molecule has 6 heteroatoms. The smallest absolute Gasteiger partial charge is 0.406 e. The molecule has 1 N–H and O–H groups in total. The van der Waals surface area contributed by atoms with Crippen LogP contribution in [0.4, 0.5) is 18.9 Å². The van der Waals surface area contributed by atoms with Crippen molar-refractivity contribution in [1.29, 1.82) is 0 Å². The van der Waals surface area contributed by atoms with Gasteiger partial charge in [-0.2, -0.15) is 0 Å². The predicted octanol–water partition coefficient (Wildman–Crippen LogP) is 3.09. The van der Waals surface area contributed by atoms with Crippen molar-refractivity contribution < 1.29 is 17.9 Å². The maximum Gasteiger partial charge on any atom is 0.573 e. The Morgan fingerprint density at radius 1 is 1.37 bits per heavy atom. The molecule has 0 spiro atoms. The number of halogens is 3. The molecule has 1 saturated heterocycles. The highest BCUT2D eigenvalue weighted by molar-refractivity contribution is 5.49. The third-order valence-electron chi connectivity index (χ3n) is 3.32. The highest BCUT2D eigenvalue weighted by atomic mass is 19.4. The van der Waals surface area contributed by atoms with E-state index in [1.54, 1.807) is 12.1 Å². The van der Waals surface area contributed by atoms with E-state index in [4.69, 9.17) is 0 Å². The summed E-state index contributed by atoms with van der Waals surface area (Å²) in [6.45, 7) is 3.01. The average molecular weight is 274 g/mol. The fourth-order valence-electron chi connectivity index (χ4n) is 2.32. The first-order chi connectivity index (χ1) is 8.83. The van der Waals surface area contributed by atoms with Crippen molar-refractivity contribution in [3.63, 3.8) is 0 Å². The summed E-state index contributed by atoms with van der Waals surface area (Å²) in [5.41, 5.74) is 0.647. The second-order valence-corrected chi connectivity index (χ2v) is 4.94. The molecule has 0 radical (unpaired) electrons. The Bertz CT molecular complexity index is 426. The minimum Gasteiger partial charge on any atom is -0.406 e. The Balaban J connectivity index is 2.00. The van der Waals surface area contributed by atoms with Gasteiger partial charge in [0.25, 0.3) is 0 Å². The number of anilines is 1. The fraction of sp³-hybridized carbons (Fsp3) is 0.538. The van der Waals surface area contributed by atoms with Gasteiger partial charge in [0.2, 0.25) is 0 Å². The lowest BCUT2D eigenvalue weighted by Gasteiger charge is -2.15. The van der Waals surface area contributed by atoms with Crippen LogP contribution in [0.15, 0.2) is 24.3 Å². The minimum absolute atomic E-state index is 0.197. The predicted molar refractivity (Wildman–Crippen MR) is 67.2 cm³/mol. The lowest BCUT2D eigenvalue weighted by atomic mass is 10.2. The quantitative estimate of drug-likeness (QED) is 0.916. The molecule has 2 unspecified atom stereocenters.